The molecule has 28 heavy (non-hydrogen) atoms. The van der Waals surface area contributed by atoms with Crippen LogP contribution in [0.1, 0.15) is 13.8 Å². The molecule has 0 saturated carbocycles. The third-order valence-electron chi connectivity index (χ3n) is 4.59. The van der Waals surface area contributed by atoms with Crippen molar-refractivity contribution in [2.75, 3.05) is 31.2 Å². The fourth-order valence-electron chi connectivity index (χ4n) is 3.13. The highest BCUT2D eigenvalue weighted by molar-refractivity contribution is 6.30. The lowest BCUT2D eigenvalue weighted by atomic mass is 10.1. The molecule has 1 saturated heterocycles. The molecule has 0 N–H and O–H groups in total. The molecule has 1 unspecified atom stereocenters. The number of hydrogen-bond acceptors (Lipinski definition) is 4. The zero-order chi connectivity index (χ0) is 20.1. The summed E-state index contributed by atoms with van der Waals surface area (Å²) >= 11 is 5.84. The van der Waals surface area contributed by atoms with Gasteiger partial charge in [-0.05, 0) is 50.2 Å². The molecule has 0 aromatic heterocycles. The summed E-state index contributed by atoms with van der Waals surface area (Å²) < 4.78 is 11.0. The van der Waals surface area contributed by atoms with Crippen LogP contribution in [0.3, 0.4) is 0 Å². The molecule has 0 bridgehead atoms. The molecule has 1 heterocycles. The normalized spacial score (nSPS) is 16.8. The maximum absolute atomic E-state index is 12.9. The number of carbonyl (C=O) groups is 2. The SMILES string of the molecule is CCOc1cccc(N2CCN(C(=O)COc3ccc(Cl)cc3)C(C)C2=O)c1. The van der Waals surface area contributed by atoms with Crippen molar-refractivity contribution in [1.29, 1.82) is 0 Å². The van der Waals surface area contributed by atoms with Crippen molar-refractivity contribution in [2.45, 2.75) is 19.9 Å². The van der Waals surface area contributed by atoms with Gasteiger partial charge in [-0.2, -0.15) is 0 Å². The Morgan fingerprint density at radius 3 is 2.57 bits per heavy atom. The van der Waals surface area contributed by atoms with Crippen molar-refractivity contribution < 1.29 is 19.1 Å². The van der Waals surface area contributed by atoms with Gasteiger partial charge in [0, 0.05) is 29.9 Å². The smallest absolute Gasteiger partial charge is 0.261 e. The Hall–Kier alpha value is -2.73. The molecule has 0 aliphatic carbocycles. The quantitative estimate of drug-likeness (QED) is 0.743. The first kappa shape index (κ1) is 20.0. The largest absolute Gasteiger partial charge is 0.494 e. The Balaban J connectivity index is 1.62. The standard InChI is InChI=1S/C21H23ClN2O4/c1-3-27-19-6-4-5-17(13-19)24-12-11-23(15(2)21(24)26)20(25)14-28-18-9-7-16(22)8-10-18/h4-10,13,15H,3,11-12,14H2,1-2H3. The second kappa shape index (κ2) is 8.97. The minimum absolute atomic E-state index is 0.125. The molecule has 7 heteroatoms. The number of ether oxygens (including phenoxy) is 2. The number of halogens is 1. The van der Waals surface area contributed by atoms with Crippen molar-refractivity contribution in [2.24, 2.45) is 0 Å². The number of anilines is 1. The van der Waals surface area contributed by atoms with Crippen LogP contribution in [0.5, 0.6) is 11.5 Å². The molecule has 2 aromatic carbocycles. The van der Waals surface area contributed by atoms with E-state index in [9.17, 15) is 9.59 Å². The molecule has 2 amide bonds. The predicted octanol–water partition coefficient (Wildman–Crippen LogP) is 3.38. The molecule has 1 atom stereocenters. The van der Waals surface area contributed by atoms with Crippen LogP contribution in [0.25, 0.3) is 0 Å². The number of rotatable bonds is 6. The van der Waals surface area contributed by atoms with Crippen molar-refractivity contribution in [3.05, 3.63) is 53.6 Å². The summed E-state index contributed by atoms with van der Waals surface area (Å²) in [4.78, 5) is 28.7. The molecule has 6 nitrogen and oxygen atoms in total. The summed E-state index contributed by atoms with van der Waals surface area (Å²) in [6.07, 6.45) is 0. The highest BCUT2D eigenvalue weighted by Gasteiger charge is 2.35. The predicted molar refractivity (Wildman–Crippen MR) is 108 cm³/mol. The van der Waals surface area contributed by atoms with E-state index in [4.69, 9.17) is 21.1 Å². The van der Waals surface area contributed by atoms with Crippen LogP contribution in [0.15, 0.2) is 48.5 Å². The summed E-state index contributed by atoms with van der Waals surface area (Å²) in [6, 6.07) is 13.7. The third kappa shape index (κ3) is 4.57. The van der Waals surface area contributed by atoms with E-state index in [0.29, 0.717) is 30.5 Å². The van der Waals surface area contributed by atoms with Gasteiger partial charge in [0.25, 0.3) is 5.91 Å². The number of amides is 2. The van der Waals surface area contributed by atoms with E-state index in [-0.39, 0.29) is 18.4 Å². The summed E-state index contributed by atoms with van der Waals surface area (Å²) in [6.45, 7) is 4.94. The van der Waals surface area contributed by atoms with Gasteiger partial charge >= 0.3 is 0 Å². The minimum atomic E-state index is -0.564. The van der Waals surface area contributed by atoms with E-state index in [0.717, 1.165) is 11.4 Å². The summed E-state index contributed by atoms with van der Waals surface area (Å²) in [5.41, 5.74) is 0.771. The lowest BCUT2D eigenvalue weighted by Crippen LogP contribution is -2.58. The maximum Gasteiger partial charge on any atom is 0.261 e. The van der Waals surface area contributed by atoms with Gasteiger partial charge in [0.2, 0.25) is 5.91 Å². The molecule has 148 valence electrons. The fourth-order valence-corrected chi connectivity index (χ4v) is 3.26. The van der Waals surface area contributed by atoms with Gasteiger partial charge in [0.05, 0.1) is 6.61 Å². The number of hydrogen-bond donors (Lipinski definition) is 0. The Labute approximate surface area is 169 Å². The first-order chi connectivity index (χ1) is 13.5. The van der Waals surface area contributed by atoms with E-state index in [1.54, 1.807) is 41.0 Å². The van der Waals surface area contributed by atoms with Crippen LogP contribution < -0.4 is 14.4 Å². The zero-order valence-electron chi connectivity index (χ0n) is 15.9. The van der Waals surface area contributed by atoms with Gasteiger partial charge in [-0.25, -0.2) is 0 Å². The maximum atomic E-state index is 12.9. The molecule has 0 spiro atoms. The zero-order valence-corrected chi connectivity index (χ0v) is 16.7. The van der Waals surface area contributed by atoms with Gasteiger partial charge < -0.3 is 19.3 Å². The third-order valence-corrected chi connectivity index (χ3v) is 4.84. The van der Waals surface area contributed by atoms with E-state index >= 15 is 0 Å². The highest BCUT2D eigenvalue weighted by Crippen LogP contribution is 2.25. The molecule has 1 aliphatic rings. The van der Waals surface area contributed by atoms with E-state index < -0.39 is 6.04 Å². The molecular formula is C21H23ClN2O4. The van der Waals surface area contributed by atoms with Crippen LogP contribution in [0.4, 0.5) is 5.69 Å². The Morgan fingerprint density at radius 1 is 1.11 bits per heavy atom. The van der Waals surface area contributed by atoms with Crippen LogP contribution in [-0.4, -0.2) is 49.1 Å². The summed E-state index contributed by atoms with van der Waals surface area (Å²) in [7, 11) is 0. The second-order valence-corrected chi connectivity index (χ2v) is 6.86. The Bertz CT molecular complexity index is 841. The van der Waals surface area contributed by atoms with Crippen molar-refractivity contribution in [3.8, 4) is 11.5 Å². The van der Waals surface area contributed by atoms with Crippen molar-refractivity contribution in [1.82, 2.24) is 4.90 Å². The van der Waals surface area contributed by atoms with Gasteiger partial charge in [-0.15, -0.1) is 0 Å². The average molecular weight is 403 g/mol. The van der Waals surface area contributed by atoms with Crippen molar-refractivity contribution in [3.63, 3.8) is 0 Å². The first-order valence-electron chi connectivity index (χ1n) is 9.21. The van der Waals surface area contributed by atoms with Gasteiger partial charge in [-0.3, -0.25) is 9.59 Å². The van der Waals surface area contributed by atoms with Crippen LogP contribution in [-0.2, 0) is 9.59 Å². The van der Waals surface area contributed by atoms with Gasteiger partial charge in [0.15, 0.2) is 6.61 Å². The van der Waals surface area contributed by atoms with E-state index in [1.165, 1.54) is 0 Å². The molecule has 1 aliphatic heterocycles. The lowest BCUT2D eigenvalue weighted by molar-refractivity contribution is -0.142. The summed E-state index contributed by atoms with van der Waals surface area (Å²) in [5.74, 6) is 0.927. The molecule has 0 radical (unpaired) electrons. The second-order valence-electron chi connectivity index (χ2n) is 6.43. The minimum Gasteiger partial charge on any atom is -0.494 e. The molecular weight excluding hydrogens is 380 g/mol. The van der Waals surface area contributed by atoms with Crippen LogP contribution >= 0.6 is 11.6 Å². The van der Waals surface area contributed by atoms with E-state index in [1.807, 2.05) is 31.2 Å². The van der Waals surface area contributed by atoms with Crippen LogP contribution in [0, 0.1) is 0 Å². The topological polar surface area (TPSA) is 59.1 Å². The number of piperazine rings is 1. The molecule has 3 rings (SSSR count). The molecule has 1 fully saturated rings. The monoisotopic (exact) mass is 402 g/mol. The Kier molecular flexibility index (Phi) is 6.41. The van der Waals surface area contributed by atoms with Gasteiger partial charge in [-0.1, -0.05) is 17.7 Å². The van der Waals surface area contributed by atoms with Crippen molar-refractivity contribution >= 4 is 29.1 Å². The summed E-state index contributed by atoms with van der Waals surface area (Å²) in [5, 5.41) is 0.599. The fraction of sp³-hybridized carbons (Fsp3) is 0.333. The highest BCUT2D eigenvalue weighted by atomic mass is 35.5. The lowest BCUT2D eigenvalue weighted by Gasteiger charge is -2.39. The number of benzene rings is 2. The first-order valence-corrected chi connectivity index (χ1v) is 9.59. The van der Waals surface area contributed by atoms with Gasteiger partial charge in [0.1, 0.15) is 17.5 Å². The van der Waals surface area contributed by atoms with Crippen LogP contribution in [0.2, 0.25) is 5.02 Å². The molecule has 2 aromatic rings. The number of carbonyl (C=O) groups excluding carboxylic acids is 2. The average Bonchev–Trinajstić information content (AvgIpc) is 2.70. The Morgan fingerprint density at radius 2 is 1.86 bits per heavy atom. The van der Waals surface area contributed by atoms with E-state index in [2.05, 4.69) is 0 Å². The number of nitrogens with zero attached hydrogens (tertiary/aromatic N) is 2.